The first kappa shape index (κ1) is 22.7. The van der Waals surface area contributed by atoms with Gasteiger partial charge >= 0.3 is 0 Å². The van der Waals surface area contributed by atoms with Gasteiger partial charge < -0.3 is 4.57 Å². The van der Waals surface area contributed by atoms with E-state index in [2.05, 4.69) is 4.57 Å². The summed E-state index contributed by atoms with van der Waals surface area (Å²) in [5.41, 5.74) is 1.75. The summed E-state index contributed by atoms with van der Waals surface area (Å²) in [6.07, 6.45) is 5.92. The third kappa shape index (κ3) is 4.28. The second-order valence-corrected chi connectivity index (χ2v) is 11.5. The van der Waals surface area contributed by atoms with Gasteiger partial charge in [-0.15, -0.1) is 0 Å². The molecule has 0 bridgehead atoms. The van der Waals surface area contributed by atoms with Gasteiger partial charge in [-0.25, -0.2) is 26.6 Å². The first-order valence-electron chi connectivity index (χ1n) is 11.1. The molecule has 2 heterocycles. The zero-order valence-corrected chi connectivity index (χ0v) is 19.6. The molecule has 0 N–H and O–H groups in total. The molecule has 5 nitrogen and oxygen atoms in total. The van der Waals surface area contributed by atoms with Gasteiger partial charge in [0.1, 0.15) is 0 Å². The van der Waals surface area contributed by atoms with Crippen LogP contribution in [0.15, 0.2) is 40.4 Å². The van der Waals surface area contributed by atoms with Crippen LogP contribution >= 0.6 is 11.8 Å². The molecule has 0 radical (unpaired) electrons. The highest BCUT2D eigenvalue weighted by atomic mass is 32.2. The number of thioether (sulfide) groups is 1. The fourth-order valence-corrected chi connectivity index (χ4v) is 7.30. The number of imidazole rings is 1. The third-order valence-electron chi connectivity index (χ3n) is 6.43. The Labute approximate surface area is 195 Å². The van der Waals surface area contributed by atoms with E-state index < -0.39 is 27.5 Å². The lowest BCUT2D eigenvalue weighted by atomic mass is 10.2. The molecule has 0 atom stereocenters. The number of halogens is 3. The van der Waals surface area contributed by atoms with E-state index in [1.807, 2.05) is 6.07 Å². The Morgan fingerprint density at radius 1 is 0.970 bits per heavy atom. The number of fused-ring (bicyclic) bond motifs is 1. The number of rotatable bonds is 6. The lowest BCUT2D eigenvalue weighted by Gasteiger charge is -2.17. The van der Waals surface area contributed by atoms with Crippen LogP contribution in [0.3, 0.4) is 0 Å². The van der Waals surface area contributed by atoms with Crippen molar-refractivity contribution in [2.45, 2.75) is 60.4 Å². The second kappa shape index (κ2) is 8.96. The number of nitrogens with zero attached hydrogens (tertiary/aromatic N) is 3. The van der Waals surface area contributed by atoms with Crippen molar-refractivity contribution in [3.05, 3.63) is 53.3 Å². The Morgan fingerprint density at radius 2 is 1.64 bits per heavy atom. The van der Waals surface area contributed by atoms with E-state index in [1.54, 1.807) is 12.1 Å². The molecular weight excluding hydrogens is 471 g/mol. The molecule has 1 saturated heterocycles. The first-order valence-corrected chi connectivity index (χ1v) is 13.6. The van der Waals surface area contributed by atoms with Crippen LogP contribution in [0.4, 0.5) is 13.2 Å². The maximum atomic E-state index is 13.6. The van der Waals surface area contributed by atoms with Crippen LogP contribution in [0.1, 0.15) is 50.1 Å². The van der Waals surface area contributed by atoms with Crippen LogP contribution in [0, 0.1) is 17.5 Å². The molecular formula is C23H24F3N3O2S2. The van der Waals surface area contributed by atoms with Crippen molar-refractivity contribution in [3.8, 4) is 0 Å². The summed E-state index contributed by atoms with van der Waals surface area (Å²) in [6, 6.07) is 7.30. The fraction of sp³-hybridized carbons (Fsp3) is 0.435. The lowest BCUT2D eigenvalue weighted by molar-refractivity contribution is 0.446. The molecule has 10 heteroatoms. The Kier molecular flexibility index (Phi) is 6.17. The van der Waals surface area contributed by atoms with Gasteiger partial charge in [0.15, 0.2) is 22.6 Å². The number of sulfonamides is 1. The van der Waals surface area contributed by atoms with E-state index >= 15 is 0 Å². The summed E-state index contributed by atoms with van der Waals surface area (Å²) < 4.78 is 70.2. The topological polar surface area (TPSA) is 55.2 Å². The van der Waals surface area contributed by atoms with Gasteiger partial charge in [-0.1, -0.05) is 24.6 Å². The quantitative estimate of drug-likeness (QED) is 0.328. The molecule has 2 aromatic carbocycles. The molecule has 3 aromatic rings. The zero-order valence-electron chi connectivity index (χ0n) is 17.9. The molecule has 33 heavy (non-hydrogen) atoms. The highest BCUT2D eigenvalue weighted by molar-refractivity contribution is 7.98. The van der Waals surface area contributed by atoms with Gasteiger partial charge in [0, 0.05) is 24.9 Å². The first-order chi connectivity index (χ1) is 15.8. The van der Waals surface area contributed by atoms with Crippen LogP contribution in [0.25, 0.3) is 11.0 Å². The summed E-state index contributed by atoms with van der Waals surface area (Å²) in [5, 5.41) is 0.665. The molecule has 1 saturated carbocycles. The summed E-state index contributed by atoms with van der Waals surface area (Å²) in [7, 11) is -3.56. The average Bonchev–Trinajstić information content (AvgIpc) is 3.55. The van der Waals surface area contributed by atoms with E-state index in [1.165, 1.54) is 16.1 Å². The SMILES string of the molecule is O=S(=O)(c1ccc2c(c1)nc(SCc1cc(F)c(F)c(F)c1)n2C1CCCC1)N1CCCC1. The van der Waals surface area contributed by atoms with Crippen LogP contribution in [-0.4, -0.2) is 35.4 Å². The molecule has 0 amide bonds. The summed E-state index contributed by atoms with van der Waals surface area (Å²) in [5.74, 6) is -3.70. The van der Waals surface area contributed by atoms with E-state index in [4.69, 9.17) is 4.98 Å². The normalized spacial score (nSPS) is 18.0. The summed E-state index contributed by atoms with van der Waals surface area (Å²) in [6.45, 7) is 1.06. The minimum absolute atomic E-state index is 0.211. The van der Waals surface area contributed by atoms with Crippen molar-refractivity contribution >= 4 is 32.8 Å². The minimum Gasteiger partial charge on any atom is -0.316 e. The Hall–Kier alpha value is -2.04. The van der Waals surface area contributed by atoms with Crippen molar-refractivity contribution < 1.29 is 21.6 Å². The molecule has 1 aliphatic heterocycles. The molecule has 2 aliphatic rings. The Bertz CT molecular complexity index is 1270. The van der Waals surface area contributed by atoms with Crippen molar-refractivity contribution in [2.24, 2.45) is 0 Å². The molecule has 1 aromatic heterocycles. The van der Waals surface area contributed by atoms with Gasteiger partial charge in [0.2, 0.25) is 10.0 Å². The molecule has 1 aliphatic carbocycles. The maximum Gasteiger partial charge on any atom is 0.243 e. The summed E-state index contributed by atoms with van der Waals surface area (Å²) >= 11 is 1.31. The Morgan fingerprint density at radius 3 is 2.30 bits per heavy atom. The van der Waals surface area contributed by atoms with Gasteiger partial charge in [-0.3, -0.25) is 0 Å². The standard InChI is InChI=1S/C23H24F3N3O2S2/c24-18-11-15(12-19(25)22(18)26)14-32-23-27-20-13-17(33(30,31)28-9-3-4-10-28)7-8-21(20)29(23)16-5-1-2-6-16/h7-8,11-13,16H,1-6,9-10,14H2. The van der Waals surface area contributed by atoms with Crippen molar-refractivity contribution in [3.63, 3.8) is 0 Å². The number of hydrogen-bond acceptors (Lipinski definition) is 4. The highest BCUT2D eigenvalue weighted by Crippen LogP contribution is 2.38. The predicted octanol–water partition coefficient (Wildman–Crippen LogP) is 5.65. The third-order valence-corrected chi connectivity index (χ3v) is 9.35. The summed E-state index contributed by atoms with van der Waals surface area (Å²) in [4.78, 5) is 4.95. The van der Waals surface area contributed by atoms with E-state index in [0.717, 1.165) is 56.2 Å². The molecule has 176 valence electrons. The van der Waals surface area contributed by atoms with Crippen molar-refractivity contribution in [1.82, 2.24) is 13.9 Å². The monoisotopic (exact) mass is 495 g/mol. The van der Waals surface area contributed by atoms with Crippen LogP contribution < -0.4 is 0 Å². The van der Waals surface area contributed by atoms with Crippen molar-refractivity contribution in [2.75, 3.05) is 13.1 Å². The van der Waals surface area contributed by atoms with Gasteiger partial charge in [-0.05, 0) is 61.6 Å². The number of hydrogen-bond donors (Lipinski definition) is 0. The van der Waals surface area contributed by atoms with E-state index in [-0.39, 0.29) is 16.7 Å². The Balaban J connectivity index is 1.51. The number of aromatic nitrogens is 2. The predicted molar refractivity (Wildman–Crippen MR) is 121 cm³/mol. The van der Waals surface area contributed by atoms with Crippen LogP contribution in [-0.2, 0) is 15.8 Å². The highest BCUT2D eigenvalue weighted by Gasteiger charge is 2.29. The molecule has 0 spiro atoms. The van der Waals surface area contributed by atoms with Crippen LogP contribution in [0.2, 0.25) is 0 Å². The minimum atomic E-state index is -3.56. The average molecular weight is 496 g/mol. The molecule has 0 unspecified atom stereocenters. The maximum absolute atomic E-state index is 13.6. The smallest absolute Gasteiger partial charge is 0.243 e. The van der Waals surface area contributed by atoms with Crippen LogP contribution in [0.5, 0.6) is 0 Å². The van der Waals surface area contributed by atoms with Gasteiger partial charge in [-0.2, -0.15) is 4.31 Å². The zero-order chi connectivity index (χ0) is 23.2. The molecule has 5 rings (SSSR count). The lowest BCUT2D eigenvalue weighted by Crippen LogP contribution is -2.27. The van der Waals surface area contributed by atoms with Gasteiger partial charge in [0.25, 0.3) is 0 Å². The van der Waals surface area contributed by atoms with Gasteiger partial charge in [0.05, 0.1) is 15.9 Å². The largest absolute Gasteiger partial charge is 0.316 e. The second-order valence-electron chi connectivity index (χ2n) is 8.63. The van der Waals surface area contributed by atoms with Crippen molar-refractivity contribution in [1.29, 1.82) is 0 Å². The van der Waals surface area contributed by atoms with E-state index in [0.29, 0.717) is 29.3 Å². The molecule has 2 fully saturated rings. The van der Waals surface area contributed by atoms with E-state index in [9.17, 15) is 21.6 Å². The number of benzene rings is 2. The fourth-order valence-electron chi connectivity index (χ4n) is 4.75.